The highest BCUT2D eigenvalue weighted by Crippen LogP contribution is 2.29. The van der Waals surface area contributed by atoms with Gasteiger partial charge in [0.25, 0.3) is 0 Å². The number of hydrogen-bond acceptors (Lipinski definition) is 2. The van der Waals surface area contributed by atoms with Crippen LogP contribution in [0, 0.1) is 0 Å². The first kappa shape index (κ1) is 10.7. The highest BCUT2D eigenvalue weighted by Gasteiger charge is 2.24. The van der Waals surface area contributed by atoms with Gasteiger partial charge in [-0.2, -0.15) is 0 Å². The van der Waals surface area contributed by atoms with E-state index in [4.69, 9.17) is 11.6 Å². The monoisotopic (exact) mass is 224 g/mol. The van der Waals surface area contributed by atoms with Crippen molar-refractivity contribution in [2.75, 3.05) is 17.3 Å². The summed E-state index contributed by atoms with van der Waals surface area (Å²) in [6.45, 7) is 1.07. The van der Waals surface area contributed by atoms with Gasteiger partial charge >= 0.3 is 0 Å². The van der Waals surface area contributed by atoms with Crippen LogP contribution in [0.3, 0.4) is 0 Å². The van der Waals surface area contributed by atoms with E-state index in [0.29, 0.717) is 0 Å². The predicted molar refractivity (Wildman–Crippen MR) is 64.6 cm³/mol. The highest BCUT2D eigenvalue weighted by atomic mass is 35.5. The molecule has 0 aliphatic heterocycles. The van der Waals surface area contributed by atoms with Crippen LogP contribution >= 0.6 is 11.6 Å². The van der Waals surface area contributed by atoms with E-state index in [1.54, 1.807) is 0 Å². The van der Waals surface area contributed by atoms with Crippen molar-refractivity contribution in [1.29, 1.82) is 0 Å². The van der Waals surface area contributed by atoms with Crippen LogP contribution in [-0.4, -0.2) is 23.5 Å². The standard InChI is InChI=1S/C12H17ClN2/c13-7-2-10-15(11-3-1-4-11)12-5-8-14-9-6-12/h5-6,8-9,11H,1-4,7,10H2. The third kappa shape index (κ3) is 2.63. The van der Waals surface area contributed by atoms with Gasteiger partial charge in [0.05, 0.1) is 0 Å². The lowest BCUT2D eigenvalue weighted by molar-refractivity contribution is 0.386. The zero-order valence-electron chi connectivity index (χ0n) is 8.90. The summed E-state index contributed by atoms with van der Waals surface area (Å²) in [7, 11) is 0. The van der Waals surface area contributed by atoms with E-state index in [0.717, 1.165) is 24.9 Å². The molecule has 1 aromatic heterocycles. The van der Waals surface area contributed by atoms with Gasteiger partial charge in [0.2, 0.25) is 0 Å². The molecule has 1 aliphatic rings. The number of anilines is 1. The Hall–Kier alpha value is -0.760. The fourth-order valence-corrected chi connectivity index (χ4v) is 2.11. The van der Waals surface area contributed by atoms with Gasteiger partial charge in [0, 0.05) is 36.5 Å². The summed E-state index contributed by atoms with van der Waals surface area (Å²) in [5.74, 6) is 0.744. The predicted octanol–water partition coefficient (Wildman–Crippen LogP) is 3.07. The van der Waals surface area contributed by atoms with E-state index < -0.39 is 0 Å². The van der Waals surface area contributed by atoms with Crippen molar-refractivity contribution in [3.05, 3.63) is 24.5 Å². The van der Waals surface area contributed by atoms with Gasteiger partial charge in [-0.05, 0) is 37.8 Å². The van der Waals surface area contributed by atoms with E-state index >= 15 is 0 Å². The molecule has 0 radical (unpaired) electrons. The van der Waals surface area contributed by atoms with Gasteiger partial charge in [-0.25, -0.2) is 0 Å². The summed E-state index contributed by atoms with van der Waals surface area (Å²) in [5.41, 5.74) is 1.29. The van der Waals surface area contributed by atoms with Crippen LogP contribution in [0.4, 0.5) is 5.69 Å². The molecule has 0 spiro atoms. The Kier molecular flexibility index (Phi) is 3.84. The third-order valence-electron chi connectivity index (χ3n) is 3.04. The first-order valence-electron chi connectivity index (χ1n) is 5.64. The summed E-state index contributed by atoms with van der Waals surface area (Å²) in [5, 5.41) is 0. The number of hydrogen-bond donors (Lipinski definition) is 0. The van der Waals surface area contributed by atoms with Gasteiger partial charge in [-0.3, -0.25) is 4.98 Å². The molecule has 3 heteroatoms. The van der Waals surface area contributed by atoms with Gasteiger partial charge < -0.3 is 4.90 Å². The number of alkyl halides is 1. The molecule has 0 N–H and O–H groups in total. The van der Waals surface area contributed by atoms with E-state index in [9.17, 15) is 0 Å². The van der Waals surface area contributed by atoms with E-state index in [-0.39, 0.29) is 0 Å². The minimum Gasteiger partial charge on any atom is -0.368 e. The van der Waals surface area contributed by atoms with Crippen molar-refractivity contribution in [3.63, 3.8) is 0 Å². The number of pyridine rings is 1. The van der Waals surface area contributed by atoms with Crippen molar-refractivity contribution in [2.45, 2.75) is 31.7 Å². The van der Waals surface area contributed by atoms with Gasteiger partial charge in [-0.15, -0.1) is 11.6 Å². The van der Waals surface area contributed by atoms with Gasteiger partial charge in [-0.1, -0.05) is 0 Å². The second-order valence-corrected chi connectivity index (χ2v) is 4.40. The zero-order chi connectivity index (χ0) is 10.5. The fourth-order valence-electron chi connectivity index (χ4n) is 1.99. The molecule has 0 unspecified atom stereocenters. The molecular weight excluding hydrogens is 208 g/mol. The molecule has 0 saturated heterocycles. The van der Waals surface area contributed by atoms with Crippen LogP contribution in [0.5, 0.6) is 0 Å². The minimum absolute atomic E-state index is 0.732. The SMILES string of the molecule is ClCCCN(c1ccncc1)C1CCC1. The highest BCUT2D eigenvalue weighted by molar-refractivity contribution is 6.17. The molecule has 1 aliphatic carbocycles. The summed E-state index contributed by atoms with van der Waals surface area (Å²) in [6.07, 6.45) is 8.80. The van der Waals surface area contributed by atoms with Crippen LogP contribution in [0.2, 0.25) is 0 Å². The van der Waals surface area contributed by atoms with Crippen molar-refractivity contribution in [2.24, 2.45) is 0 Å². The minimum atomic E-state index is 0.732. The molecule has 1 heterocycles. The van der Waals surface area contributed by atoms with Crippen LogP contribution in [0.1, 0.15) is 25.7 Å². The molecular formula is C12H17ClN2. The number of aromatic nitrogens is 1. The quantitative estimate of drug-likeness (QED) is 0.715. The first-order chi connectivity index (χ1) is 7.42. The molecule has 0 amide bonds. The van der Waals surface area contributed by atoms with Crippen molar-refractivity contribution in [3.8, 4) is 0 Å². The van der Waals surface area contributed by atoms with E-state index in [2.05, 4.69) is 22.0 Å². The second-order valence-electron chi connectivity index (χ2n) is 4.03. The molecule has 1 saturated carbocycles. The number of halogens is 1. The molecule has 15 heavy (non-hydrogen) atoms. The third-order valence-corrected chi connectivity index (χ3v) is 3.31. The molecule has 2 nitrogen and oxygen atoms in total. The van der Waals surface area contributed by atoms with E-state index in [1.807, 2.05) is 12.4 Å². The van der Waals surface area contributed by atoms with Crippen LogP contribution in [0.25, 0.3) is 0 Å². The average molecular weight is 225 g/mol. The molecule has 0 aromatic carbocycles. The molecule has 82 valence electrons. The Bertz CT molecular complexity index is 285. The molecule has 2 rings (SSSR count). The normalized spacial score (nSPS) is 16.1. The van der Waals surface area contributed by atoms with Crippen molar-refractivity contribution < 1.29 is 0 Å². The smallest absolute Gasteiger partial charge is 0.0399 e. The molecule has 0 bridgehead atoms. The maximum atomic E-state index is 5.76. The lowest BCUT2D eigenvalue weighted by atomic mass is 9.91. The van der Waals surface area contributed by atoms with Gasteiger partial charge in [0.15, 0.2) is 0 Å². The lowest BCUT2D eigenvalue weighted by Crippen LogP contribution is -2.41. The Morgan fingerprint density at radius 3 is 2.60 bits per heavy atom. The largest absolute Gasteiger partial charge is 0.368 e. The summed E-state index contributed by atoms with van der Waals surface area (Å²) in [6, 6.07) is 4.91. The Balaban J connectivity index is 2.04. The summed E-state index contributed by atoms with van der Waals surface area (Å²) < 4.78 is 0. The summed E-state index contributed by atoms with van der Waals surface area (Å²) >= 11 is 5.76. The maximum Gasteiger partial charge on any atom is 0.0399 e. The first-order valence-corrected chi connectivity index (χ1v) is 6.18. The maximum absolute atomic E-state index is 5.76. The van der Waals surface area contributed by atoms with Crippen molar-refractivity contribution in [1.82, 2.24) is 4.98 Å². The van der Waals surface area contributed by atoms with Crippen LogP contribution < -0.4 is 4.90 Å². The van der Waals surface area contributed by atoms with Crippen molar-refractivity contribution >= 4 is 17.3 Å². The Morgan fingerprint density at radius 2 is 2.07 bits per heavy atom. The molecule has 1 aromatic rings. The Morgan fingerprint density at radius 1 is 1.33 bits per heavy atom. The second kappa shape index (κ2) is 5.36. The average Bonchev–Trinajstić information content (AvgIpc) is 2.22. The number of nitrogens with zero attached hydrogens (tertiary/aromatic N) is 2. The lowest BCUT2D eigenvalue weighted by Gasteiger charge is -2.39. The topological polar surface area (TPSA) is 16.1 Å². The van der Waals surface area contributed by atoms with Crippen LogP contribution in [0.15, 0.2) is 24.5 Å². The number of rotatable bonds is 5. The summed E-state index contributed by atoms with van der Waals surface area (Å²) in [4.78, 5) is 6.54. The zero-order valence-corrected chi connectivity index (χ0v) is 9.66. The Labute approximate surface area is 96.3 Å². The molecule has 1 fully saturated rings. The van der Waals surface area contributed by atoms with Crippen LogP contribution in [-0.2, 0) is 0 Å². The van der Waals surface area contributed by atoms with E-state index in [1.165, 1.54) is 24.9 Å². The fraction of sp³-hybridized carbons (Fsp3) is 0.583. The van der Waals surface area contributed by atoms with Gasteiger partial charge in [0.1, 0.15) is 0 Å². The molecule has 0 atom stereocenters.